The summed E-state index contributed by atoms with van der Waals surface area (Å²) in [6, 6.07) is 4.31. The quantitative estimate of drug-likeness (QED) is 0.791. The highest BCUT2D eigenvalue weighted by molar-refractivity contribution is 9.10. The van der Waals surface area contributed by atoms with Gasteiger partial charge >= 0.3 is 0 Å². The van der Waals surface area contributed by atoms with Crippen LogP contribution in [0, 0.1) is 13.8 Å². The maximum Gasteiger partial charge on any atom is 0.0756 e. The van der Waals surface area contributed by atoms with E-state index in [9.17, 15) is 0 Å². The fourth-order valence-electron chi connectivity index (χ4n) is 2.78. The normalized spacial score (nSPS) is 11.3. The smallest absolute Gasteiger partial charge is 0.0756 e. The molecule has 0 aliphatic rings. The van der Waals surface area contributed by atoms with Gasteiger partial charge in [0.25, 0.3) is 0 Å². The molecular weight excluding hydrogens is 312 g/mol. The van der Waals surface area contributed by atoms with Gasteiger partial charge in [0.2, 0.25) is 0 Å². The molecule has 1 N–H and O–H groups in total. The van der Waals surface area contributed by atoms with Crippen LogP contribution in [0.15, 0.2) is 16.6 Å². The van der Waals surface area contributed by atoms with E-state index < -0.39 is 0 Å². The van der Waals surface area contributed by atoms with Crippen molar-refractivity contribution < 1.29 is 0 Å². The minimum absolute atomic E-state index is 0.463. The van der Waals surface area contributed by atoms with E-state index in [2.05, 4.69) is 68.0 Å². The highest BCUT2D eigenvalue weighted by Crippen LogP contribution is 2.36. The second-order valence-corrected chi connectivity index (χ2v) is 6.60. The standard InChI is InChI=1S/C17H23BrN2/c1-6-7-19-17-14-9-13(18)8-11(4)16(14)20-12(5)15(17)10(2)3/h8-10H,6-7H2,1-5H3,(H,19,20). The van der Waals surface area contributed by atoms with Gasteiger partial charge in [-0.3, -0.25) is 4.98 Å². The first kappa shape index (κ1) is 15.3. The Hall–Kier alpha value is -1.09. The van der Waals surface area contributed by atoms with Crippen LogP contribution in [0.3, 0.4) is 0 Å². The first-order valence-electron chi connectivity index (χ1n) is 7.29. The number of aryl methyl sites for hydroxylation is 2. The number of hydrogen-bond donors (Lipinski definition) is 1. The zero-order chi connectivity index (χ0) is 14.9. The summed E-state index contributed by atoms with van der Waals surface area (Å²) in [5, 5.41) is 4.84. The maximum atomic E-state index is 4.85. The van der Waals surface area contributed by atoms with Crippen LogP contribution in [0.1, 0.15) is 49.9 Å². The predicted molar refractivity (Wildman–Crippen MR) is 91.8 cm³/mol. The summed E-state index contributed by atoms with van der Waals surface area (Å²) in [5.74, 6) is 0.463. The minimum Gasteiger partial charge on any atom is -0.384 e. The van der Waals surface area contributed by atoms with Crippen LogP contribution in [-0.4, -0.2) is 11.5 Å². The summed E-state index contributed by atoms with van der Waals surface area (Å²) < 4.78 is 1.11. The summed E-state index contributed by atoms with van der Waals surface area (Å²) >= 11 is 3.61. The Kier molecular flexibility index (Phi) is 4.69. The van der Waals surface area contributed by atoms with Crippen LogP contribution < -0.4 is 5.32 Å². The van der Waals surface area contributed by atoms with E-state index in [-0.39, 0.29) is 0 Å². The molecule has 0 fully saturated rings. The molecule has 108 valence electrons. The highest BCUT2D eigenvalue weighted by atomic mass is 79.9. The number of hydrogen-bond acceptors (Lipinski definition) is 2. The Bertz CT molecular complexity index is 633. The number of nitrogens with zero attached hydrogens (tertiary/aromatic N) is 1. The van der Waals surface area contributed by atoms with Gasteiger partial charge in [0.05, 0.1) is 5.52 Å². The zero-order valence-electron chi connectivity index (χ0n) is 13.0. The maximum absolute atomic E-state index is 4.85. The largest absolute Gasteiger partial charge is 0.384 e. The van der Waals surface area contributed by atoms with Gasteiger partial charge in [-0.1, -0.05) is 36.7 Å². The van der Waals surface area contributed by atoms with Gasteiger partial charge in [-0.05, 0) is 49.4 Å². The van der Waals surface area contributed by atoms with Gasteiger partial charge in [-0.2, -0.15) is 0 Å². The number of benzene rings is 1. The third-order valence-corrected chi connectivity index (χ3v) is 4.06. The molecule has 0 amide bonds. The lowest BCUT2D eigenvalue weighted by Crippen LogP contribution is -2.08. The van der Waals surface area contributed by atoms with Crippen LogP contribution in [-0.2, 0) is 0 Å². The van der Waals surface area contributed by atoms with Gasteiger partial charge in [-0.15, -0.1) is 0 Å². The van der Waals surface area contributed by atoms with E-state index in [1.54, 1.807) is 0 Å². The number of pyridine rings is 1. The lowest BCUT2D eigenvalue weighted by atomic mass is 9.95. The molecule has 0 spiro atoms. The van der Waals surface area contributed by atoms with Gasteiger partial charge < -0.3 is 5.32 Å². The van der Waals surface area contributed by atoms with Crippen molar-refractivity contribution in [1.82, 2.24) is 4.98 Å². The molecule has 0 saturated heterocycles. The van der Waals surface area contributed by atoms with Gasteiger partial charge in [-0.25, -0.2) is 0 Å². The third-order valence-electron chi connectivity index (χ3n) is 3.60. The summed E-state index contributed by atoms with van der Waals surface area (Å²) in [4.78, 5) is 4.85. The van der Waals surface area contributed by atoms with Gasteiger partial charge in [0.15, 0.2) is 0 Å². The molecule has 0 radical (unpaired) electrons. The predicted octanol–water partition coefficient (Wildman–Crippen LogP) is 5.56. The number of nitrogens with one attached hydrogen (secondary N) is 1. The first-order chi connectivity index (χ1) is 9.45. The van der Waals surface area contributed by atoms with Crippen molar-refractivity contribution in [3.05, 3.63) is 33.4 Å². The number of fused-ring (bicyclic) bond motifs is 1. The van der Waals surface area contributed by atoms with Crippen LogP contribution in [0.4, 0.5) is 5.69 Å². The Morgan fingerprint density at radius 1 is 1.25 bits per heavy atom. The Balaban J connectivity index is 2.80. The molecular formula is C17H23BrN2. The van der Waals surface area contributed by atoms with Crippen LogP contribution in [0.2, 0.25) is 0 Å². The SMILES string of the molecule is CCCNc1c(C(C)C)c(C)nc2c(C)cc(Br)cc12. The van der Waals surface area contributed by atoms with Crippen LogP contribution in [0.5, 0.6) is 0 Å². The molecule has 2 nitrogen and oxygen atoms in total. The van der Waals surface area contributed by atoms with E-state index >= 15 is 0 Å². The van der Waals surface area contributed by atoms with E-state index in [0.717, 1.165) is 28.6 Å². The van der Waals surface area contributed by atoms with Crippen molar-refractivity contribution in [2.24, 2.45) is 0 Å². The van der Waals surface area contributed by atoms with Crippen molar-refractivity contribution in [3.63, 3.8) is 0 Å². The average molecular weight is 335 g/mol. The van der Waals surface area contributed by atoms with Crippen LogP contribution >= 0.6 is 15.9 Å². The molecule has 2 rings (SSSR count). The van der Waals surface area contributed by atoms with Crippen molar-refractivity contribution in [1.29, 1.82) is 0 Å². The molecule has 0 aliphatic carbocycles. The lowest BCUT2D eigenvalue weighted by molar-refractivity contribution is 0.844. The average Bonchev–Trinajstić information content (AvgIpc) is 2.36. The molecule has 1 aromatic heterocycles. The van der Waals surface area contributed by atoms with E-state index in [1.807, 2.05) is 0 Å². The molecule has 0 bridgehead atoms. The summed E-state index contributed by atoms with van der Waals surface area (Å²) in [6.07, 6.45) is 1.12. The Morgan fingerprint density at radius 3 is 2.55 bits per heavy atom. The minimum atomic E-state index is 0.463. The van der Waals surface area contributed by atoms with Gasteiger partial charge in [0, 0.05) is 27.8 Å². The van der Waals surface area contributed by atoms with Gasteiger partial charge in [0.1, 0.15) is 0 Å². The Morgan fingerprint density at radius 2 is 1.95 bits per heavy atom. The van der Waals surface area contributed by atoms with E-state index in [4.69, 9.17) is 4.98 Å². The highest BCUT2D eigenvalue weighted by Gasteiger charge is 2.16. The number of halogens is 1. The lowest BCUT2D eigenvalue weighted by Gasteiger charge is -2.20. The van der Waals surface area contributed by atoms with Crippen LogP contribution in [0.25, 0.3) is 10.9 Å². The molecule has 3 heteroatoms. The molecule has 0 atom stereocenters. The molecule has 0 saturated carbocycles. The Labute approximate surface area is 130 Å². The zero-order valence-corrected chi connectivity index (χ0v) is 14.6. The summed E-state index contributed by atoms with van der Waals surface area (Å²) in [6.45, 7) is 11.9. The van der Waals surface area contributed by atoms with Crippen molar-refractivity contribution >= 4 is 32.5 Å². The van der Waals surface area contributed by atoms with Crippen molar-refractivity contribution in [2.45, 2.75) is 47.0 Å². The second-order valence-electron chi connectivity index (χ2n) is 5.69. The molecule has 20 heavy (non-hydrogen) atoms. The van der Waals surface area contributed by atoms with E-state index in [1.165, 1.54) is 22.2 Å². The molecule has 0 unspecified atom stereocenters. The number of rotatable bonds is 4. The van der Waals surface area contributed by atoms with Crippen molar-refractivity contribution in [2.75, 3.05) is 11.9 Å². The van der Waals surface area contributed by atoms with E-state index in [0.29, 0.717) is 5.92 Å². The van der Waals surface area contributed by atoms with Crippen molar-refractivity contribution in [3.8, 4) is 0 Å². The summed E-state index contributed by atoms with van der Waals surface area (Å²) in [5.41, 5.74) is 6.05. The second kappa shape index (κ2) is 6.13. The third kappa shape index (κ3) is 2.83. The first-order valence-corrected chi connectivity index (χ1v) is 8.09. The molecule has 0 aliphatic heterocycles. The fourth-order valence-corrected chi connectivity index (χ4v) is 3.35. The fraction of sp³-hybridized carbons (Fsp3) is 0.471. The molecule has 2 aromatic rings. The number of aromatic nitrogens is 1. The summed E-state index contributed by atoms with van der Waals surface area (Å²) in [7, 11) is 0. The molecule has 1 heterocycles. The monoisotopic (exact) mass is 334 g/mol. The number of anilines is 1. The molecule has 1 aromatic carbocycles. The topological polar surface area (TPSA) is 24.9 Å².